The van der Waals surface area contributed by atoms with Gasteiger partial charge in [0.05, 0.1) is 0 Å². The molecule has 0 saturated heterocycles. The second-order valence-electron chi connectivity index (χ2n) is 2.86. The van der Waals surface area contributed by atoms with Crippen LogP contribution in [0.15, 0.2) is 42.5 Å². The Kier molecular flexibility index (Phi) is 3.78. The van der Waals surface area contributed by atoms with Crippen LogP contribution in [-0.2, 0) is 0 Å². The van der Waals surface area contributed by atoms with Gasteiger partial charge in [0.15, 0.2) is 0 Å². The third-order valence-corrected chi connectivity index (χ3v) is 2.17. The highest BCUT2D eigenvalue weighted by molar-refractivity contribution is 6.32. The highest BCUT2D eigenvalue weighted by Gasteiger charge is 1.98. The molecule has 0 aliphatic carbocycles. The molecule has 0 atom stereocenters. The van der Waals surface area contributed by atoms with E-state index in [1.807, 2.05) is 43.3 Å². The molecule has 1 aromatic rings. The van der Waals surface area contributed by atoms with Crippen LogP contribution in [0.5, 0.6) is 0 Å². The van der Waals surface area contributed by atoms with Crippen LogP contribution in [0, 0.1) is 0 Å². The van der Waals surface area contributed by atoms with Crippen molar-refractivity contribution in [2.24, 2.45) is 0 Å². The Hall–Kier alpha value is -1.01. The van der Waals surface area contributed by atoms with Crippen molar-refractivity contribution in [3.05, 3.63) is 53.1 Å². The van der Waals surface area contributed by atoms with Gasteiger partial charge in [-0.25, -0.2) is 0 Å². The van der Waals surface area contributed by atoms with Crippen molar-refractivity contribution in [3.8, 4) is 0 Å². The Balaban J connectivity index is 3.01. The fourth-order valence-corrected chi connectivity index (χ4v) is 1.40. The largest absolute Gasteiger partial charge is 0.0877 e. The molecule has 0 unspecified atom stereocenters. The van der Waals surface area contributed by atoms with Crippen LogP contribution in [0.25, 0.3) is 5.57 Å². The van der Waals surface area contributed by atoms with Gasteiger partial charge in [0, 0.05) is 5.02 Å². The van der Waals surface area contributed by atoms with E-state index in [1.165, 1.54) is 5.57 Å². The van der Waals surface area contributed by atoms with E-state index in [0.717, 1.165) is 10.6 Å². The average Bonchev–Trinajstić information content (AvgIpc) is 2.15. The molecule has 0 aliphatic rings. The molecule has 0 radical (unpaired) electrons. The van der Waals surface area contributed by atoms with E-state index in [0.29, 0.717) is 0 Å². The number of hydrogen-bond acceptors (Lipinski definition) is 0. The van der Waals surface area contributed by atoms with Crippen molar-refractivity contribution in [3.63, 3.8) is 0 Å². The maximum atomic E-state index is 6.03. The summed E-state index contributed by atoms with van der Waals surface area (Å²) in [6, 6.07) is 7.87. The Bertz CT molecular complexity index is 335. The summed E-state index contributed by atoms with van der Waals surface area (Å²) in [4.78, 5) is 0. The van der Waals surface area contributed by atoms with E-state index in [9.17, 15) is 0 Å². The lowest BCUT2D eigenvalue weighted by Crippen LogP contribution is -1.79. The molecule has 0 aliphatic heterocycles. The second-order valence-corrected chi connectivity index (χ2v) is 3.26. The van der Waals surface area contributed by atoms with E-state index in [4.69, 9.17) is 11.6 Å². The van der Waals surface area contributed by atoms with Crippen molar-refractivity contribution in [1.29, 1.82) is 0 Å². The van der Waals surface area contributed by atoms with Gasteiger partial charge in [0.2, 0.25) is 0 Å². The van der Waals surface area contributed by atoms with Gasteiger partial charge >= 0.3 is 0 Å². The van der Waals surface area contributed by atoms with E-state index in [2.05, 4.69) is 13.0 Å². The maximum Gasteiger partial charge on any atom is 0.0481 e. The number of rotatable bonds is 2. The molecule has 0 bridgehead atoms. The van der Waals surface area contributed by atoms with Gasteiger partial charge in [-0.3, -0.25) is 0 Å². The van der Waals surface area contributed by atoms with Crippen molar-refractivity contribution < 1.29 is 0 Å². The van der Waals surface area contributed by atoms with Crippen LogP contribution in [-0.4, -0.2) is 0 Å². The normalized spacial score (nSPS) is 12.4. The molecule has 0 saturated carbocycles. The summed E-state index contributed by atoms with van der Waals surface area (Å²) < 4.78 is 0. The fraction of sp³-hybridized carbons (Fsp3) is 0.167. The monoisotopic (exact) mass is 192 g/mol. The lowest BCUT2D eigenvalue weighted by Gasteiger charge is -2.02. The van der Waals surface area contributed by atoms with Crippen molar-refractivity contribution in [2.45, 2.75) is 13.8 Å². The van der Waals surface area contributed by atoms with Crippen LogP contribution in [0.2, 0.25) is 5.02 Å². The zero-order chi connectivity index (χ0) is 9.68. The predicted octanol–water partition coefficient (Wildman–Crippen LogP) is 4.32. The molecule has 13 heavy (non-hydrogen) atoms. The van der Waals surface area contributed by atoms with Crippen LogP contribution < -0.4 is 0 Å². The van der Waals surface area contributed by atoms with Crippen LogP contribution in [0.4, 0.5) is 0 Å². The molecule has 68 valence electrons. The summed E-state index contributed by atoms with van der Waals surface area (Å²) in [5, 5.41) is 0.806. The first kappa shape index (κ1) is 10.1. The molecule has 1 heteroatoms. The molecular weight excluding hydrogens is 180 g/mol. The smallest absolute Gasteiger partial charge is 0.0481 e. The van der Waals surface area contributed by atoms with Gasteiger partial charge < -0.3 is 0 Å². The third-order valence-electron chi connectivity index (χ3n) is 1.84. The van der Waals surface area contributed by atoms with E-state index in [1.54, 1.807) is 0 Å². The van der Waals surface area contributed by atoms with Crippen LogP contribution in [0.3, 0.4) is 0 Å². The zero-order valence-corrected chi connectivity index (χ0v) is 8.68. The average molecular weight is 193 g/mol. The molecule has 0 amide bonds. The molecule has 0 fully saturated rings. The Labute approximate surface area is 84.5 Å². The van der Waals surface area contributed by atoms with Gasteiger partial charge in [-0.05, 0) is 31.1 Å². The van der Waals surface area contributed by atoms with Crippen LogP contribution >= 0.6 is 11.6 Å². The summed E-state index contributed by atoms with van der Waals surface area (Å²) in [5.41, 5.74) is 2.28. The lowest BCUT2D eigenvalue weighted by atomic mass is 10.1. The molecule has 0 nitrogen and oxygen atoms in total. The number of benzene rings is 1. The van der Waals surface area contributed by atoms with E-state index >= 15 is 0 Å². The van der Waals surface area contributed by atoms with Gasteiger partial charge in [-0.15, -0.1) is 0 Å². The number of hydrogen-bond donors (Lipinski definition) is 0. The minimum absolute atomic E-state index is 0.806. The minimum Gasteiger partial charge on any atom is -0.0877 e. The summed E-state index contributed by atoms with van der Waals surface area (Å²) in [7, 11) is 0. The first-order chi connectivity index (χ1) is 6.25. The summed E-state index contributed by atoms with van der Waals surface area (Å²) in [6.45, 7) is 4.05. The lowest BCUT2D eigenvalue weighted by molar-refractivity contribution is 1.56. The SMILES string of the molecule is CC=CC=C(C)c1ccccc1Cl. The molecule has 0 spiro atoms. The van der Waals surface area contributed by atoms with Gasteiger partial charge in [-0.2, -0.15) is 0 Å². The van der Waals surface area contributed by atoms with Gasteiger partial charge in [0.1, 0.15) is 0 Å². The predicted molar refractivity (Wildman–Crippen MR) is 59.9 cm³/mol. The standard InChI is InChI=1S/C12H13Cl/c1-3-4-7-10(2)11-8-5-6-9-12(11)13/h3-9H,1-2H3. The summed E-state index contributed by atoms with van der Waals surface area (Å²) >= 11 is 6.03. The second kappa shape index (κ2) is 4.88. The quantitative estimate of drug-likeness (QED) is 0.613. The highest BCUT2D eigenvalue weighted by atomic mass is 35.5. The first-order valence-electron chi connectivity index (χ1n) is 4.30. The third kappa shape index (κ3) is 2.74. The molecule has 1 aromatic carbocycles. The molecule has 0 N–H and O–H groups in total. The first-order valence-corrected chi connectivity index (χ1v) is 4.68. The molecular formula is C12H13Cl. The highest BCUT2D eigenvalue weighted by Crippen LogP contribution is 2.22. The Morgan fingerprint density at radius 1 is 1.31 bits per heavy atom. The fourth-order valence-electron chi connectivity index (χ4n) is 1.11. The van der Waals surface area contributed by atoms with Crippen molar-refractivity contribution in [2.75, 3.05) is 0 Å². The zero-order valence-electron chi connectivity index (χ0n) is 7.92. The van der Waals surface area contributed by atoms with Crippen LogP contribution in [0.1, 0.15) is 19.4 Å². The summed E-state index contributed by atoms with van der Waals surface area (Å²) in [6.07, 6.45) is 6.07. The number of allylic oxidation sites excluding steroid dienone is 4. The molecule has 0 aromatic heterocycles. The van der Waals surface area contributed by atoms with Gasteiger partial charge in [-0.1, -0.05) is 48.0 Å². The maximum absolute atomic E-state index is 6.03. The minimum atomic E-state index is 0.806. The molecule has 0 heterocycles. The Morgan fingerprint density at radius 3 is 2.62 bits per heavy atom. The number of halogens is 1. The summed E-state index contributed by atoms with van der Waals surface area (Å²) in [5.74, 6) is 0. The van der Waals surface area contributed by atoms with E-state index in [-0.39, 0.29) is 0 Å². The van der Waals surface area contributed by atoms with E-state index < -0.39 is 0 Å². The topological polar surface area (TPSA) is 0 Å². The van der Waals surface area contributed by atoms with Crippen molar-refractivity contribution in [1.82, 2.24) is 0 Å². The molecule has 1 rings (SSSR count). The van der Waals surface area contributed by atoms with Gasteiger partial charge in [0.25, 0.3) is 0 Å². The Morgan fingerprint density at radius 2 is 2.00 bits per heavy atom. The van der Waals surface area contributed by atoms with Crippen molar-refractivity contribution >= 4 is 17.2 Å².